The number of hydrogen-bond donors (Lipinski definition) is 1. The Balaban J connectivity index is 0.000000494. The fourth-order valence-corrected chi connectivity index (χ4v) is 3.30. The van der Waals surface area contributed by atoms with Crippen LogP contribution in [0.2, 0.25) is 0 Å². The third-order valence-corrected chi connectivity index (χ3v) is 4.23. The molecule has 0 aromatic carbocycles. The normalized spacial score (nSPS) is 32.6. The van der Waals surface area contributed by atoms with E-state index in [4.69, 9.17) is 17.5 Å². The summed E-state index contributed by atoms with van der Waals surface area (Å²) in [6, 6.07) is 1.79. The second-order valence-electron chi connectivity index (χ2n) is 5.20. The summed E-state index contributed by atoms with van der Waals surface area (Å²) in [6.45, 7) is 12.3. The number of nitrogens with zero attached hydrogens (tertiary/aromatic N) is 1. The van der Waals surface area contributed by atoms with Gasteiger partial charge in [-0.1, -0.05) is 6.92 Å². The molecule has 1 rings (SSSR count). The minimum Gasteiger partial charge on any atom is -0.726 e. The van der Waals surface area contributed by atoms with Crippen LogP contribution in [0, 0.1) is 0 Å². The van der Waals surface area contributed by atoms with Crippen LogP contribution in [-0.2, 0) is 10.4 Å². The van der Waals surface area contributed by atoms with Crippen molar-refractivity contribution in [2.45, 2.75) is 65.5 Å². The maximum atomic E-state index is 8.63. The van der Waals surface area contributed by atoms with Gasteiger partial charge in [0.15, 0.2) is 0 Å². The quantitative estimate of drug-likeness (QED) is 0.489. The predicted octanol–water partition coefficient (Wildman–Crippen LogP) is 2.20. The highest BCUT2D eigenvalue weighted by Crippen LogP contribution is 2.31. The molecule has 0 aromatic heterocycles. The van der Waals surface area contributed by atoms with Gasteiger partial charge in [0, 0.05) is 0 Å². The molecule has 18 heavy (non-hydrogen) atoms. The van der Waals surface area contributed by atoms with Gasteiger partial charge in [-0.2, -0.15) is 0 Å². The Morgan fingerprint density at radius 3 is 1.89 bits per heavy atom. The van der Waals surface area contributed by atoms with Crippen molar-refractivity contribution in [3.8, 4) is 0 Å². The van der Waals surface area contributed by atoms with Crippen molar-refractivity contribution < 1.29 is 22.0 Å². The van der Waals surface area contributed by atoms with Gasteiger partial charge in [0.25, 0.3) is 0 Å². The maximum absolute atomic E-state index is 8.63. The van der Waals surface area contributed by atoms with Crippen LogP contribution >= 0.6 is 0 Å². The number of piperidine rings is 1. The summed E-state index contributed by atoms with van der Waals surface area (Å²) in [6.07, 6.45) is 5.67. The highest BCUT2D eigenvalue weighted by molar-refractivity contribution is 7.79. The van der Waals surface area contributed by atoms with Crippen molar-refractivity contribution in [1.29, 1.82) is 0 Å². The Morgan fingerprint density at radius 1 is 1.22 bits per heavy atom. The third kappa shape index (κ3) is 5.65. The van der Waals surface area contributed by atoms with E-state index < -0.39 is 10.4 Å². The first kappa shape index (κ1) is 17.8. The first-order valence-corrected chi connectivity index (χ1v) is 8.08. The lowest BCUT2D eigenvalue weighted by molar-refractivity contribution is -0.973. The fourth-order valence-electron chi connectivity index (χ4n) is 3.30. The van der Waals surface area contributed by atoms with Crippen LogP contribution in [0.1, 0.15) is 53.4 Å². The molecule has 1 fully saturated rings. The first-order chi connectivity index (χ1) is 8.17. The molecule has 0 bridgehead atoms. The summed E-state index contributed by atoms with van der Waals surface area (Å²) < 4.78 is 34.2. The number of hydrogen-bond acceptors (Lipinski definition) is 3. The molecular weight excluding hydrogens is 254 g/mol. The van der Waals surface area contributed by atoms with Crippen LogP contribution in [0.5, 0.6) is 0 Å². The minimum atomic E-state index is -4.92. The topological polar surface area (TPSA) is 77.4 Å². The number of likely N-dealkylation sites (tertiary alicyclic amines) is 1. The SMILES string of the molecule is CCC[N+]1(CC)C(C)CCCC1C.O=S(=O)([O-])O. The molecule has 6 heteroatoms. The lowest BCUT2D eigenvalue weighted by Gasteiger charge is -2.50. The van der Waals surface area contributed by atoms with E-state index in [1.54, 1.807) is 0 Å². The van der Waals surface area contributed by atoms with Crippen molar-refractivity contribution in [2.24, 2.45) is 0 Å². The molecule has 0 radical (unpaired) electrons. The lowest BCUT2D eigenvalue weighted by atomic mass is 9.93. The average molecular weight is 281 g/mol. The number of quaternary nitrogens is 1. The summed E-state index contributed by atoms with van der Waals surface area (Å²) in [5, 5.41) is 0. The summed E-state index contributed by atoms with van der Waals surface area (Å²) in [7, 11) is -4.92. The minimum absolute atomic E-state index is 0.897. The molecule has 2 atom stereocenters. The Morgan fingerprint density at radius 2 is 1.61 bits per heavy atom. The lowest BCUT2D eigenvalue weighted by Crippen LogP contribution is -2.61. The van der Waals surface area contributed by atoms with Crippen molar-refractivity contribution in [2.75, 3.05) is 13.1 Å². The highest BCUT2D eigenvalue weighted by atomic mass is 32.3. The Labute approximate surface area is 111 Å². The van der Waals surface area contributed by atoms with E-state index in [0.717, 1.165) is 12.1 Å². The fraction of sp³-hybridized carbons (Fsp3) is 1.00. The monoisotopic (exact) mass is 281 g/mol. The molecule has 1 N–H and O–H groups in total. The molecule has 0 saturated carbocycles. The zero-order valence-electron chi connectivity index (χ0n) is 11.9. The summed E-state index contributed by atoms with van der Waals surface area (Å²) in [5.41, 5.74) is 0. The van der Waals surface area contributed by atoms with E-state index in [2.05, 4.69) is 27.7 Å². The summed E-state index contributed by atoms with van der Waals surface area (Å²) in [5.74, 6) is 0. The zero-order chi connectivity index (χ0) is 14.4. The van der Waals surface area contributed by atoms with Gasteiger partial charge >= 0.3 is 0 Å². The van der Waals surface area contributed by atoms with Crippen LogP contribution in [0.25, 0.3) is 0 Å². The molecule has 0 aromatic rings. The van der Waals surface area contributed by atoms with Gasteiger partial charge in [-0.25, -0.2) is 8.42 Å². The molecule has 1 saturated heterocycles. The summed E-state index contributed by atoms with van der Waals surface area (Å²) in [4.78, 5) is 0. The Bertz CT molecular complexity index is 311. The Hall–Kier alpha value is -0.170. The van der Waals surface area contributed by atoms with Gasteiger partial charge < -0.3 is 9.04 Å². The smallest absolute Gasteiger partial charge is 0.215 e. The van der Waals surface area contributed by atoms with E-state index >= 15 is 0 Å². The van der Waals surface area contributed by atoms with E-state index in [-0.39, 0.29) is 0 Å². The van der Waals surface area contributed by atoms with Crippen LogP contribution in [-0.4, -0.2) is 47.2 Å². The van der Waals surface area contributed by atoms with Crippen LogP contribution in [0.15, 0.2) is 0 Å². The van der Waals surface area contributed by atoms with Gasteiger partial charge in [-0.15, -0.1) is 0 Å². The molecule has 110 valence electrons. The average Bonchev–Trinajstić information content (AvgIpc) is 2.21. The third-order valence-electron chi connectivity index (χ3n) is 4.23. The maximum Gasteiger partial charge on any atom is 0.215 e. The Kier molecular flexibility index (Phi) is 7.36. The standard InChI is InChI=1S/C12H26N.H2O4S/c1-5-10-13(6-2)11(3)8-7-9-12(13)4;1-5(2,3)4/h11-12H,5-10H2,1-4H3;(H2,1,2,3,4)/q+1;/p-1. The van der Waals surface area contributed by atoms with Gasteiger partial charge in [-0.05, 0) is 46.5 Å². The van der Waals surface area contributed by atoms with Crippen molar-refractivity contribution in [3.63, 3.8) is 0 Å². The van der Waals surface area contributed by atoms with E-state index in [1.165, 1.54) is 43.3 Å². The second-order valence-corrected chi connectivity index (χ2v) is 6.05. The molecule has 0 spiro atoms. The van der Waals surface area contributed by atoms with Gasteiger partial charge in [0.05, 0.1) is 25.2 Å². The molecule has 5 nitrogen and oxygen atoms in total. The molecule has 1 heterocycles. The predicted molar refractivity (Wildman–Crippen MR) is 71.1 cm³/mol. The first-order valence-electron chi connectivity index (χ1n) is 6.72. The molecule has 2 unspecified atom stereocenters. The molecule has 0 amide bonds. The highest BCUT2D eigenvalue weighted by Gasteiger charge is 2.39. The molecule has 1 aliphatic heterocycles. The van der Waals surface area contributed by atoms with Crippen LogP contribution in [0.3, 0.4) is 0 Å². The van der Waals surface area contributed by atoms with Crippen molar-refractivity contribution in [1.82, 2.24) is 0 Å². The van der Waals surface area contributed by atoms with Crippen LogP contribution in [0.4, 0.5) is 0 Å². The molecule has 0 aliphatic carbocycles. The molecule has 1 aliphatic rings. The van der Waals surface area contributed by atoms with Crippen molar-refractivity contribution in [3.05, 3.63) is 0 Å². The van der Waals surface area contributed by atoms with E-state index in [9.17, 15) is 0 Å². The number of rotatable bonds is 3. The largest absolute Gasteiger partial charge is 0.726 e. The van der Waals surface area contributed by atoms with Crippen molar-refractivity contribution >= 4 is 10.4 Å². The van der Waals surface area contributed by atoms with Crippen LogP contribution < -0.4 is 0 Å². The molecular formula is C12H27NO4S. The van der Waals surface area contributed by atoms with Gasteiger partial charge in [-0.3, -0.25) is 4.55 Å². The second kappa shape index (κ2) is 7.43. The van der Waals surface area contributed by atoms with Gasteiger partial charge in [0.1, 0.15) is 0 Å². The van der Waals surface area contributed by atoms with E-state index in [1.807, 2.05) is 0 Å². The van der Waals surface area contributed by atoms with Gasteiger partial charge in [0.2, 0.25) is 10.4 Å². The van der Waals surface area contributed by atoms with E-state index in [0.29, 0.717) is 0 Å². The summed E-state index contributed by atoms with van der Waals surface area (Å²) >= 11 is 0. The zero-order valence-corrected chi connectivity index (χ0v) is 12.7.